The first-order valence-electron chi connectivity index (χ1n) is 13.4. The summed E-state index contributed by atoms with van der Waals surface area (Å²) in [7, 11) is 0. The summed E-state index contributed by atoms with van der Waals surface area (Å²) >= 11 is 0. The largest absolute Gasteiger partial charge is 0.481 e. The minimum atomic E-state index is -2.74. The van der Waals surface area contributed by atoms with Gasteiger partial charge < -0.3 is 30.8 Å². The summed E-state index contributed by atoms with van der Waals surface area (Å²) < 4.78 is 0. The number of aliphatic carboxylic acids is 3. The first-order valence-corrected chi connectivity index (χ1v) is 13.4. The Morgan fingerprint density at radius 2 is 1.30 bits per heavy atom. The smallest absolute Gasteiger partial charge is 0.336 e. The zero-order valence-electron chi connectivity index (χ0n) is 23.6. The molecule has 6 N–H and O–H groups in total. The summed E-state index contributed by atoms with van der Waals surface area (Å²) in [6.45, 7) is 13.1. The third-order valence-corrected chi connectivity index (χ3v) is 7.31. The SMILES string of the molecule is C=C1C=CC(=C)C2C(=O)N(CCCCN3CCN(c4ncccn4)CC3)C(=O)C12.O.O=C(O)CC(O)(CC(=O)O)C(=O)O. The molecule has 0 bridgehead atoms. The van der Waals surface area contributed by atoms with Gasteiger partial charge in [0.15, 0.2) is 5.60 Å². The van der Waals surface area contributed by atoms with Crippen LogP contribution in [0.25, 0.3) is 0 Å². The number of anilines is 1. The molecule has 1 aromatic rings. The zero-order chi connectivity index (χ0) is 31.0. The maximum absolute atomic E-state index is 12.7. The molecule has 0 spiro atoms. The molecule has 2 amide bonds. The number of hydrogen-bond donors (Lipinski definition) is 4. The van der Waals surface area contributed by atoms with E-state index in [0.717, 1.165) is 51.5 Å². The first-order chi connectivity index (χ1) is 19.8. The van der Waals surface area contributed by atoms with Crippen molar-refractivity contribution in [1.29, 1.82) is 0 Å². The highest BCUT2D eigenvalue weighted by Gasteiger charge is 2.49. The predicted molar refractivity (Wildman–Crippen MR) is 152 cm³/mol. The maximum atomic E-state index is 12.7. The van der Waals surface area contributed by atoms with E-state index in [2.05, 4.69) is 32.9 Å². The van der Waals surface area contributed by atoms with Crippen LogP contribution >= 0.6 is 0 Å². The number of carboxylic acid groups (broad SMARTS) is 3. The van der Waals surface area contributed by atoms with Crippen LogP contribution in [-0.4, -0.2) is 120 Å². The fraction of sp³-hybridized carbons (Fsp3) is 0.464. The second-order valence-electron chi connectivity index (χ2n) is 10.3. The van der Waals surface area contributed by atoms with Crippen molar-refractivity contribution >= 4 is 35.7 Å². The van der Waals surface area contributed by atoms with Gasteiger partial charge in [-0.25, -0.2) is 14.8 Å². The Morgan fingerprint density at radius 1 is 0.837 bits per heavy atom. The molecule has 2 fully saturated rings. The van der Waals surface area contributed by atoms with E-state index in [4.69, 9.17) is 20.4 Å². The Morgan fingerprint density at radius 3 is 1.74 bits per heavy atom. The van der Waals surface area contributed by atoms with Crippen molar-refractivity contribution in [3.8, 4) is 0 Å². The molecule has 2 aliphatic heterocycles. The average Bonchev–Trinajstić information content (AvgIpc) is 3.19. The van der Waals surface area contributed by atoms with Crippen molar-refractivity contribution in [2.24, 2.45) is 11.8 Å². The van der Waals surface area contributed by atoms with Gasteiger partial charge in [0.05, 0.1) is 24.7 Å². The van der Waals surface area contributed by atoms with E-state index in [-0.39, 0.29) is 17.3 Å². The summed E-state index contributed by atoms with van der Waals surface area (Å²) in [5.74, 6) is -5.37. The van der Waals surface area contributed by atoms with Crippen LogP contribution < -0.4 is 4.90 Å². The van der Waals surface area contributed by atoms with Gasteiger partial charge in [-0.2, -0.15) is 0 Å². The molecular formula is C28H37N5O10. The van der Waals surface area contributed by atoms with Crippen molar-refractivity contribution in [2.45, 2.75) is 31.3 Å². The van der Waals surface area contributed by atoms with Gasteiger partial charge in [-0.05, 0) is 36.6 Å². The number of carboxylic acids is 3. The number of hydrogen-bond acceptors (Lipinski definition) is 10. The van der Waals surface area contributed by atoms with Crippen molar-refractivity contribution in [1.82, 2.24) is 19.8 Å². The molecule has 0 radical (unpaired) electrons. The third kappa shape index (κ3) is 8.76. The summed E-state index contributed by atoms with van der Waals surface area (Å²) in [6, 6.07) is 1.83. The number of carbonyl (C=O) groups is 5. The van der Waals surface area contributed by atoms with Gasteiger partial charge in [0.2, 0.25) is 17.8 Å². The van der Waals surface area contributed by atoms with Crippen LogP contribution in [0, 0.1) is 11.8 Å². The third-order valence-electron chi connectivity index (χ3n) is 7.31. The topological polar surface area (TPSA) is 233 Å². The van der Waals surface area contributed by atoms with Crippen LogP contribution in [0.15, 0.2) is 54.9 Å². The molecule has 15 nitrogen and oxygen atoms in total. The molecule has 1 aliphatic carbocycles. The zero-order valence-corrected chi connectivity index (χ0v) is 23.6. The fourth-order valence-electron chi connectivity index (χ4n) is 5.06. The van der Waals surface area contributed by atoms with Crippen molar-refractivity contribution in [3.63, 3.8) is 0 Å². The van der Waals surface area contributed by atoms with E-state index >= 15 is 0 Å². The van der Waals surface area contributed by atoms with Gasteiger partial charge in [0.1, 0.15) is 0 Å². The van der Waals surface area contributed by atoms with E-state index in [1.165, 1.54) is 4.90 Å². The maximum Gasteiger partial charge on any atom is 0.336 e. The molecular weight excluding hydrogens is 566 g/mol. The number of carbonyl (C=O) groups excluding carboxylic acids is 2. The number of likely N-dealkylation sites (tertiary alicyclic amines) is 1. The number of amides is 2. The van der Waals surface area contributed by atoms with Gasteiger partial charge in [0, 0.05) is 45.1 Å². The van der Waals surface area contributed by atoms with Gasteiger partial charge >= 0.3 is 17.9 Å². The monoisotopic (exact) mass is 603 g/mol. The van der Waals surface area contributed by atoms with E-state index in [1.54, 1.807) is 24.5 Å². The van der Waals surface area contributed by atoms with Gasteiger partial charge in [-0.15, -0.1) is 0 Å². The fourth-order valence-corrected chi connectivity index (χ4v) is 5.06. The van der Waals surface area contributed by atoms with Crippen LogP contribution in [0.3, 0.4) is 0 Å². The molecule has 2 saturated heterocycles. The summed E-state index contributed by atoms with van der Waals surface area (Å²) in [5.41, 5.74) is -1.32. The van der Waals surface area contributed by atoms with Crippen molar-refractivity contribution < 1.29 is 49.9 Å². The minimum Gasteiger partial charge on any atom is -0.481 e. The molecule has 2 atom stereocenters. The quantitative estimate of drug-likeness (QED) is 0.186. The number of imide groups is 1. The molecule has 234 valence electrons. The predicted octanol–water partition coefficient (Wildman–Crippen LogP) is -0.411. The van der Waals surface area contributed by atoms with Crippen LogP contribution in [0.2, 0.25) is 0 Å². The first kappa shape index (κ1) is 34.7. The van der Waals surface area contributed by atoms with E-state index < -0.39 is 48.2 Å². The number of piperazine rings is 1. The lowest BCUT2D eigenvalue weighted by atomic mass is 9.79. The van der Waals surface area contributed by atoms with Crippen molar-refractivity contribution in [3.05, 3.63) is 54.9 Å². The van der Waals surface area contributed by atoms with Gasteiger partial charge in [-0.1, -0.05) is 25.3 Å². The number of aromatic nitrogens is 2. The summed E-state index contributed by atoms with van der Waals surface area (Å²) in [6.07, 6.45) is 6.62. The normalized spacial score (nSPS) is 20.2. The van der Waals surface area contributed by atoms with E-state index in [9.17, 15) is 24.0 Å². The molecule has 3 aliphatic rings. The van der Waals surface area contributed by atoms with E-state index in [1.807, 2.05) is 6.07 Å². The Bertz CT molecular complexity index is 1210. The minimum absolute atomic E-state index is 0. The molecule has 43 heavy (non-hydrogen) atoms. The number of fused-ring (bicyclic) bond motifs is 1. The lowest BCUT2D eigenvalue weighted by Crippen LogP contribution is -2.47. The molecule has 1 aromatic heterocycles. The van der Waals surface area contributed by atoms with Crippen molar-refractivity contribution in [2.75, 3.05) is 44.2 Å². The highest BCUT2D eigenvalue weighted by atomic mass is 16.4. The Hall–Kier alpha value is -4.47. The number of nitrogens with zero attached hydrogens (tertiary/aromatic N) is 5. The Labute approximate surface area is 247 Å². The molecule has 4 rings (SSSR count). The lowest BCUT2D eigenvalue weighted by molar-refractivity contribution is -0.170. The highest BCUT2D eigenvalue weighted by Crippen LogP contribution is 2.39. The standard InChI is InChI=1S/C22H27N5O2.C6H8O7.H2O/c1-16-6-7-17(2)19-18(16)20(28)27(21(19)29)11-4-3-10-25-12-14-26(15-13-25)22-23-8-5-9-24-22;7-3(8)1-6(13,5(11)12)2-4(9)10;/h5-9,18-19H,1-4,10-15H2;13H,1-2H2,(H,7,8)(H,9,10)(H,11,12);1H2. The molecule has 0 aromatic carbocycles. The van der Waals surface area contributed by atoms with Crippen LogP contribution in [-0.2, 0) is 24.0 Å². The Balaban J connectivity index is 0.000000394. The molecule has 0 saturated carbocycles. The molecule has 15 heteroatoms. The number of aliphatic hydroxyl groups is 1. The second-order valence-corrected chi connectivity index (χ2v) is 10.3. The van der Waals surface area contributed by atoms with Gasteiger partial charge in [0.25, 0.3) is 0 Å². The highest BCUT2D eigenvalue weighted by molar-refractivity contribution is 6.08. The lowest BCUT2D eigenvalue weighted by Gasteiger charge is -2.34. The number of unbranched alkanes of at least 4 members (excludes halogenated alkanes) is 1. The average molecular weight is 604 g/mol. The molecule has 2 unspecified atom stereocenters. The van der Waals surface area contributed by atoms with E-state index in [0.29, 0.717) is 17.7 Å². The summed E-state index contributed by atoms with van der Waals surface area (Å²) in [5, 5.41) is 33.8. The van der Waals surface area contributed by atoms with Crippen LogP contribution in [0.4, 0.5) is 5.95 Å². The number of rotatable bonds is 11. The summed E-state index contributed by atoms with van der Waals surface area (Å²) in [4.78, 5) is 70.6. The van der Waals surface area contributed by atoms with Crippen LogP contribution in [0.5, 0.6) is 0 Å². The second kappa shape index (κ2) is 15.1. The van der Waals surface area contributed by atoms with Crippen LogP contribution in [0.1, 0.15) is 25.7 Å². The Kier molecular flexibility index (Phi) is 12.2. The number of allylic oxidation sites excluding steroid dienone is 2. The van der Waals surface area contributed by atoms with Gasteiger partial charge in [-0.3, -0.25) is 29.0 Å². The molecule has 3 heterocycles.